The zero-order chi connectivity index (χ0) is 21.7. The predicted molar refractivity (Wildman–Crippen MR) is 138 cm³/mol. The number of hydrogen-bond acceptors (Lipinski definition) is 5. The SMILES string of the molecule is CN=C(NCc1cccc(OCc2ccccn2)c1)N1CCC(OCCCOC)CC1.I. The number of pyridine rings is 1. The molecule has 2 heterocycles. The Morgan fingerprint density at radius 2 is 2.00 bits per heavy atom. The maximum Gasteiger partial charge on any atom is 0.193 e. The second kappa shape index (κ2) is 15.0. The van der Waals surface area contributed by atoms with E-state index < -0.39 is 0 Å². The minimum atomic E-state index is 0. The van der Waals surface area contributed by atoms with E-state index in [2.05, 4.69) is 32.3 Å². The number of benzene rings is 1. The summed E-state index contributed by atoms with van der Waals surface area (Å²) in [5.41, 5.74) is 2.06. The first kappa shape index (κ1) is 26.3. The van der Waals surface area contributed by atoms with Crippen LogP contribution in [0.2, 0.25) is 0 Å². The first-order valence-corrected chi connectivity index (χ1v) is 11.0. The summed E-state index contributed by atoms with van der Waals surface area (Å²) in [5, 5.41) is 3.48. The number of hydrogen-bond donors (Lipinski definition) is 1. The summed E-state index contributed by atoms with van der Waals surface area (Å²) in [6.07, 6.45) is 5.10. The van der Waals surface area contributed by atoms with Crippen LogP contribution in [-0.2, 0) is 22.6 Å². The highest BCUT2D eigenvalue weighted by Crippen LogP contribution is 2.16. The first-order chi connectivity index (χ1) is 15.3. The number of methoxy groups -OCH3 is 1. The van der Waals surface area contributed by atoms with Crippen LogP contribution in [0.1, 0.15) is 30.5 Å². The Bertz CT molecular complexity index is 799. The normalized spacial score (nSPS) is 14.7. The lowest BCUT2D eigenvalue weighted by atomic mass is 10.1. The summed E-state index contributed by atoms with van der Waals surface area (Å²) in [7, 11) is 3.56. The molecule has 0 aliphatic carbocycles. The van der Waals surface area contributed by atoms with Crippen molar-refractivity contribution in [3.8, 4) is 5.75 Å². The van der Waals surface area contributed by atoms with E-state index in [1.807, 2.05) is 37.4 Å². The molecular weight excluding hydrogens is 519 g/mol. The number of nitrogens with zero attached hydrogens (tertiary/aromatic N) is 3. The Hall–Kier alpha value is -1.91. The summed E-state index contributed by atoms with van der Waals surface area (Å²) in [5.74, 6) is 1.77. The Morgan fingerprint density at radius 1 is 1.16 bits per heavy atom. The van der Waals surface area contributed by atoms with Crippen LogP contribution in [-0.4, -0.2) is 62.4 Å². The van der Waals surface area contributed by atoms with E-state index in [0.29, 0.717) is 19.3 Å². The first-order valence-electron chi connectivity index (χ1n) is 11.0. The number of nitrogens with one attached hydrogen (secondary N) is 1. The molecule has 0 bridgehead atoms. The Labute approximate surface area is 208 Å². The predicted octanol–water partition coefficient (Wildman–Crippen LogP) is 3.87. The van der Waals surface area contributed by atoms with Crippen molar-refractivity contribution in [1.29, 1.82) is 0 Å². The van der Waals surface area contributed by atoms with Gasteiger partial charge in [0.15, 0.2) is 5.96 Å². The van der Waals surface area contributed by atoms with Crippen LogP contribution >= 0.6 is 24.0 Å². The van der Waals surface area contributed by atoms with Crippen LogP contribution in [0.25, 0.3) is 0 Å². The molecule has 0 saturated carbocycles. The fraction of sp³-hybridized carbons (Fsp3) is 0.500. The minimum Gasteiger partial charge on any atom is -0.487 e. The zero-order valence-electron chi connectivity index (χ0n) is 19.0. The molecule has 7 nitrogen and oxygen atoms in total. The van der Waals surface area contributed by atoms with Gasteiger partial charge in [-0.2, -0.15) is 0 Å². The molecule has 1 aromatic heterocycles. The second-order valence-corrected chi connectivity index (χ2v) is 7.56. The number of aliphatic imine (C=N–C) groups is 1. The van der Waals surface area contributed by atoms with Gasteiger partial charge in [-0.3, -0.25) is 9.98 Å². The van der Waals surface area contributed by atoms with Crippen LogP contribution < -0.4 is 10.1 Å². The average molecular weight is 554 g/mol. The van der Waals surface area contributed by atoms with Gasteiger partial charge < -0.3 is 24.4 Å². The number of guanidine groups is 1. The molecule has 1 aliphatic rings. The minimum absolute atomic E-state index is 0. The van der Waals surface area contributed by atoms with E-state index in [0.717, 1.165) is 68.5 Å². The van der Waals surface area contributed by atoms with Gasteiger partial charge in [-0.1, -0.05) is 18.2 Å². The molecule has 1 aliphatic heterocycles. The largest absolute Gasteiger partial charge is 0.487 e. The third-order valence-electron chi connectivity index (χ3n) is 5.26. The van der Waals surface area contributed by atoms with Crippen molar-refractivity contribution in [1.82, 2.24) is 15.2 Å². The standard InChI is InChI=1S/C24H34N4O3.HI/c1-25-24(28-13-10-22(11-14-28)30-16-6-15-29-2)27-18-20-7-5-9-23(17-20)31-19-21-8-3-4-12-26-21;/h3-5,7-9,12,17,22H,6,10-11,13-16,18-19H2,1-2H3,(H,25,27);1H. The molecule has 8 heteroatoms. The van der Waals surface area contributed by atoms with Crippen molar-refractivity contribution >= 4 is 29.9 Å². The average Bonchev–Trinajstić information content (AvgIpc) is 2.83. The number of likely N-dealkylation sites (tertiary alicyclic amines) is 1. The van der Waals surface area contributed by atoms with Gasteiger partial charge in [-0.25, -0.2) is 0 Å². The highest BCUT2D eigenvalue weighted by Gasteiger charge is 2.21. The summed E-state index contributed by atoms with van der Waals surface area (Å²) in [6, 6.07) is 14.0. The lowest BCUT2D eigenvalue weighted by Crippen LogP contribution is -2.46. The lowest BCUT2D eigenvalue weighted by Gasteiger charge is -2.34. The molecule has 0 radical (unpaired) electrons. The van der Waals surface area contributed by atoms with Crippen molar-refractivity contribution in [2.75, 3.05) is 40.5 Å². The number of aromatic nitrogens is 1. The molecule has 3 rings (SSSR count). The van der Waals surface area contributed by atoms with Crippen LogP contribution in [0.3, 0.4) is 0 Å². The van der Waals surface area contributed by atoms with Gasteiger partial charge in [-0.15, -0.1) is 24.0 Å². The monoisotopic (exact) mass is 554 g/mol. The Balaban J connectivity index is 0.00000363. The van der Waals surface area contributed by atoms with Crippen molar-refractivity contribution in [3.63, 3.8) is 0 Å². The highest BCUT2D eigenvalue weighted by atomic mass is 127. The van der Waals surface area contributed by atoms with Crippen LogP contribution in [0.5, 0.6) is 5.75 Å². The topological polar surface area (TPSA) is 68.2 Å². The van der Waals surface area contributed by atoms with E-state index in [9.17, 15) is 0 Å². The van der Waals surface area contributed by atoms with E-state index in [1.54, 1.807) is 13.3 Å². The second-order valence-electron chi connectivity index (χ2n) is 7.56. The summed E-state index contributed by atoms with van der Waals surface area (Å²) in [4.78, 5) is 11.1. The molecule has 0 atom stereocenters. The van der Waals surface area contributed by atoms with Gasteiger partial charge in [0.25, 0.3) is 0 Å². The molecule has 0 amide bonds. The molecule has 1 aromatic carbocycles. The lowest BCUT2D eigenvalue weighted by molar-refractivity contribution is 0.00989. The summed E-state index contributed by atoms with van der Waals surface area (Å²) < 4.78 is 16.9. The van der Waals surface area contributed by atoms with Crippen molar-refractivity contribution < 1.29 is 14.2 Å². The number of piperidine rings is 1. The van der Waals surface area contributed by atoms with Gasteiger partial charge in [0, 0.05) is 53.2 Å². The molecule has 2 aromatic rings. The Morgan fingerprint density at radius 3 is 2.72 bits per heavy atom. The number of rotatable bonds is 10. The van der Waals surface area contributed by atoms with Gasteiger partial charge in [-0.05, 0) is 49.1 Å². The van der Waals surface area contributed by atoms with Gasteiger partial charge in [0.1, 0.15) is 12.4 Å². The van der Waals surface area contributed by atoms with Crippen molar-refractivity contribution in [3.05, 3.63) is 59.9 Å². The highest BCUT2D eigenvalue weighted by molar-refractivity contribution is 14.0. The molecule has 0 spiro atoms. The van der Waals surface area contributed by atoms with Crippen LogP contribution in [0.4, 0.5) is 0 Å². The van der Waals surface area contributed by atoms with Crippen molar-refractivity contribution in [2.24, 2.45) is 4.99 Å². The molecule has 0 unspecified atom stereocenters. The fourth-order valence-electron chi connectivity index (χ4n) is 3.59. The van der Waals surface area contributed by atoms with E-state index in [-0.39, 0.29) is 24.0 Å². The van der Waals surface area contributed by atoms with E-state index in [4.69, 9.17) is 14.2 Å². The fourth-order valence-corrected chi connectivity index (χ4v) is 3.59. The smallest absolute Gasteiger partial charge is 0.193 e. The molecule has 176 valence electrons. The van der Waals surface area contributed by atoms with Crippen LogP contribution in [0.15, 0.2) is 53.7 Å². The van der Waals surface area contributed by atoms with Gasteiger partial charge >= 0.3 is 0 Å². The summed E-state index contributed by atoms with van der Waals surface area (Å²) >= 11 is 0. The molecular formula is C24H35IN4O3. The van der Waals surface area contributed by atoms with E-state index >= 15 is 0 Å². The van der Waals surface area contributed by atoms with Crippen LogP contribution in [0, 0.1) is 0 Å². The third-order valence-corrected chi connectivity index (χ3v) is 5.26. The number of halogens is 1. The molecule has 32 heavy (non-hydrogen) atoms. The maximum atomic E-state index is 5.96. The van der Waals surface area contributed by atoms with Crippen molar-refractivity contribution in [2.45, 2.75) is 38.5 Å². The molecule has 1 N–H and O–H groups in total. The number of ether oxygens (including phenoxy) is 3. The quantitative estimate of drug-likeness (QED) is 0.208. The van der Waals surface area contributed by atoms with Gasteiger partial charge in [0.05, 0.1) is 11.8 Å². The zero-order valence-corrected chi connectivity index (χ0v) is 21.4. The maximum absolute atomic E-state index is 5.96. The Kier molecular flexibility index (Phi) is 12.4. The summed E-state index contributed by atoms with van der Waals surface area (Å²) in [6.45, 7) is 4.57. The third kappa shape index (κ3) is 8.91. The van der Waals surface area contributed by atoms with Gasteiger partial charge in [0.2, 0.25) is 0 Å². The molecule has 1 saturated heterocycles. The molecule has 1 fully saturated rings. The van der Waals surface area contributed by atoms with E-state index in [1.165, 1.54) is 0 Å².